The van der Waals surface area contributed by atoms with E-state index in [0.717, 1.165) is 12.1 Å². The average Bonchev–Trinajstić information content (AvgIpc) is 2.34. The van der Waals surface area contributed by atoms with E-state index < -0.39 is 29.6 Å². The summed E-state index contributed by atoms with van der Waals surface area (Å²) in [4.78, 5) is 0. The standard InChI is InChI=1S/C13H6F6O/c14-9-3-1-2-8(12(9)16)7-4-5-11(10(15)6-7)20-13(17,18)19/h1-6H. The molecule has 0 saturated heterocycles. The lowest BCUT2D eigenvalue weighted by Gasteiger charge is -2.11. The van der Waals surface area contributed by atoms with Crippen molar-refractivity contribution in [3.63, 3.8) is 0 Å². The molecule has 1 nitrogen and oxygen atoms in total. The van der Waals surface area contributed by atoms with Gasteiger partial charge in [0.05, 0.1) is 0 Å². The summed E-state index contributed by atoms with van der Waals surface area (Å²) < 4.78 is 79.3. The van der Waals surface area contributed by atoms with Crippen LogP contribution in [0.1, 0.15) is 0 Å². The minimum atomic E-state index is -5.04. The maximum atomic E-state index is 13.5. The predicted octanol–water partition coefficient (Wildman–Crippen LogP) is 4.67. The van der Waals surface area contributed by atoms with Crippen LogP contribution in [-0.2, 0) is 0 Å². The molecule has 0 heterocycles. The molecular formula is C13H6F6O. The van der Waals surface area contributed by atoms with E-state index in [1.807, 2.05) is 0 Å². The van der Waals surface area contributed by atoms with Crippen LogP contribution in [0.4, 0.5) is 26.3 Å². The van der Waals surface area contributed by atoms with E-state index >= 15 is 0 Å². The zero-order valence-corrected chi connectivity index (χ0v) is 9.64. The first-order valence-electron chi connectivity index (χ1n) is 5.27. The first-order valence-corrected chi connectivity index (χ1v) is 5.27. The molecule has 0 bridgehead atoms. The fourth-order valence-electron chi connectivity index (χ4n) is 1.60. The average molecular weight is 292 g/mol. The number of alkyl halides is 3. The fourth-order valence-corrected chi connectivity index (χ4v) is 1.60. The van der Waals surface area contributed by atoms with Crippen LogP contribution in [0.3, 0.4) is 0 Å². The van der Waals surface area contributed by atoms with Gasteiger partial charge in [0.25, 0.3) is 0 Å². The summed E-state index contributed by atoms with van der Waals surface area (Å²) in [6.45, 7) is 0. The van der Waals surface area contributed by atoms with Crippen molar-refractivity contribution in [2.45, 2.75) is 6.36 Å². The number of rotatable bonds is 2. The van der Waals surface area contributed by atoms with Crippen LogP contribution in [-0.4, -0.2) is 6.36 Å². The van der Waals surface area contributed by atoms with E-state index in [1.165, 1.54) is 12.1 Å². The van der Waals surface area contributed by atoms with Gasteiger partial charge in [0, 0.05) is 5.56 Å². The SMILES string of the molecule is Fc1cc(-c2cccc(F)c2F)ccc1OC(F)(F)F. The number of ether oxygens (including phenoxy) is 1. The van der Waals surface area contributed by atoms with Crippen LogP contribution >= 0.6 is 0 Å². The van der Waals surface area contributed by atoms with Gasteiger partial charge in [-0.05, 0) is 23.8 Å². The topological polar surface area (TPSA) is 9.23 Å². The highest BCUT2D eigenvalue weighted by Crippen LogP contribution is 2.31. The molecule has 0 unspecified atom stereocenters. The first-order chi connectivity index (χ1) is 9.28. The molecule has 0 spiro atoms. The fraction of sp³-hybridized carbons (Fsp3) is 0.0769. The zero-order valence-electron chi connectivity index (χ0n) is 9.64. The highest BCUT2D eigenvalue weighted by molar-refractivity contribution is 5.65. The van der Waals surface area contributed by atoms with Gasteiger partial charge in [-0.1, -0.05) is 18.2 Å². The lowest BCUT2D eigenvalue weighted by Crippen LogP contribution is -2.17. The highest BCUT2D eigenvalue weighted by atomic mass is 19.4. The van der Waals surface area contributed by atoms with Gasteiger partial charge in [-0.2, -0.15) is 0 Å². The van der Waals surface area contributed by atoms with E-state index in [2.05, 4.69) is 4.74 Å². The molecule has 0 aliphatic carbocycles. The van der Waals surface area contributed by atoms with E-state index in [-0.39, 0.29) is 11.1 Å². The van der Waals surface area contributed by atoms with Gasteiger partial charge < -0.3 is 4.74 Å². The van der Waals surface area contributed by atoms with Crippen molar-refractivity contribution in [2.24, 2.45) is 0 Å². The summed E-state index contributed by atoms with van der Waals surface area (Å²) in [5.74, 6) is -4.73. The molecule has 0 aliphatic heterocycles. The molecule has 0 aromatic heterocycles. The largest absolute Gasteiger partial charge is 0.573 e. The van der Waals surface area contributed by atoms with Gasteiger partial charge >= 0.3 is 6.36 Å². The Bertz CT molecular complexity index is 635. The molecule has 2 rings (SSSR count). The molecular weight excluding hydrogens is 286 g/mol. The minimum Gasteiger partial charge on any atom is -0.403 e. The van der Waals surface area contributed by atoms with Gasteiger partial charge in [0.2, 0.25) is 0 Å². The van der Waals surface area contributed by atoms with E-state index in [0.29, 0.717) is 12.1 Å². The lowest BCUT2D eigenvalue weighted by atomic mass is 10.0. The van der Waals surface area contributed by atoms with Crippen LogP contribution < -0.4 is 4.74 Å². The van der Waals surface area contributed by atoms with Crippen LogP contribution in [0.25, 0.3) is 11.1 Å². The minimum absolute atomic E-state index is 0.103. The molecule has 0 aliphatic rings. The Hall–Kier alpha value is -2.18. The maximum absolute atomic E-state index is 13.5. The van der Waals surface area contributed by atoms with Crippen molar-refractivity contribution >= 4 is 0 Å². The molecule has 20 heavy (non-hydrogen) atoms. The van der Waals surface area contributed by atoms with Gasteiger partial charge in [-0.25, -0.2) is 13.2 Å². The molecule has 106 valence electrons. The first kappa shape index (κ1) is 14.2. The molecule has 0 N–H and O–H groups in total. The van der Waals surface area contributed by atoms with Crippen molar-refractivity contribution in [3.05, 3.63) is 53.8 Å². The van der Waals surface area contributed by atoms with Crippen LogP contribution in [0.5, 0.6) is 5.75 Å². The van der Waals surface area contributed by atoms with Crippen molar-refractivity contribution in [2.75, 3.05) is 0 Å². The maximum Gasteiger partial charge on any atom is 0.573 e. The summed E-state index contributed by atoms with van der Waals surface area (Å²) >= 11 is 0. The Balaban J connectivity index is 2.41. The summed E-state index contributed by atoms with van der Waals surface area (Å²) in [6.07, 6.45) is -5.04. The quantitative estimate of drug-likeness (QED) is 0.731. The monoisotopic (exact) mass is 292 g/mol. The normalized spacial score (nSPS) is 11.5. The van der Waals surface area contributed by atoms with Crippen molar-refractivity contribution < 1.29 is 31.1 Å². The van der Waals surface area contributed by atoms with E-state index in [1.54, 1.807) is 0 Å². The predicted molar refractivity (Wildman–Crippen MR) is 58.4 cm³/mol. The third-order valence-electron chi connectivity index (χ3n) is 2.42. The lowest BCUT2D eigenvalue weighted by molar-refractivity contribution is -0.275. The number of benzene rings is 2. The van der Waals surface area contributed by atoms with Gasteiger partial charge in [0.1, 0.15) is 0 Å². The number of hydrogen-bond donors (Lipinski definition) is 0. The summed E-state index contributed by atoms with van der Waals surface area (Å²) in [6, 6.07) is 5.59. The van der Waals surface area contributed by atoms with Crippen LogP contribution in [0.15, 0.2) is 36.4 Å². The highest BCUT2D eigenvalue weighted by Gasteiger charge is 2.32. The second-order valence-corrected chi connectivity index (χ2v) is 3.79. The second kappa shape index (κ2) is 5.07. The Morgan fingerprint density at radius 1 is 0.850 bits per heavy atom. The van der Waals surface area contributed by atoms with Crippen molar-refractivity contribution in [1.29, 1.82) is 0 Å². The molecule has 0 atom stereocenters. The molecule has 0 saturated carbocycles. The molecule has 2 aromatic carbocycles. The Morgan fingerprint density at radius 2 is 1.55 bits per heavy atom. The number of halogens is 6. The number of hydrogen-bond acceptors (Lipinski definition) is 1. The zero-order chi connectivity index (χ0) is 14.9. The van der Waals surface area contributed by atoms with Gasteiger partial charge in [0.15, 0.2) is 23.2 Å². The van der Waals surface area contributed by atoms with E-state index in [4.69, 9.17) is 0 Å². The molecule has 0 radical (unpaired) electrons. The Kier molecular flexibility index (Phi) is 3.61. The summed E-state index contributed by atoms with van der Waals surface area (Å²) in [5.41, 5.74) is -0.364. The van der Waals surface area contributed by atoms with Gasteiger partial charge in [-0.15, -0.1) is 13.2 Å². The Labute approximate surface area is 109 Å². The summed E-state index contributed by atoms with van der Waals surface area (Å²) in [5, 5.41) is 0. The molecule has 7 heteroatoms. The van der Waals surface area contributed by atoms with E-state index in [9.17, 15) is 26.3 Å². The van der Waals surface area contributed by atoms with Crippen molar-refractivity contribution in [1.82, 2.24) is 0 Å². The van der Waals surface area contributed by atoms with Crippen LogP contribution in [0.2, 0.25) is 0 Å². The molecule has 0 fully saturated rings. The smallest absolute Gasteiger partial charge is 0.403 e. The Morgan fingerprint density at radius 3 is 2.15 bits per heavy atom. The van der Waals surface area contributed by atoms with Crippen LogP contribution in [0, 0.1) is 17.5 Å². The molecule has 0 amide bonds. The second-order valence-electron chi connectivity index (χ2n) is 3.79. The third kappa shape index (κ3) is 3.04. The molecule has 2 aromatic rings. The summed E-state index contributed by atoms with van der Waals surface area (Å²) in [7, 11) is 0. The van der Waals surface area contributed by atoms with Crippen molar-refractivity contribution in [3.8, 4) is 16.9 Å². The van der Waals surface area contributed by atoms with Gasteiger partial charge in [-0.3, -0.25) is 0 Å². The third-order valence-corrected chi connectivity index (χ3v) is 2.42.